The minimum Gasteiger partial charge on any atom is -0.353 e. The molecule has 1 aliphatic heterocycles. The fourth-order valence-corrected chi connectivity index (χ4v) is 5.22. The number of piperidine rings is 1. The van der Waals surface area contributed by atoms with E-state index >= 15 is 0 Å². The third-order valence-electron chi connectivity index (χ3n) is 6.60. The highest BCUT2D eigenvalue weighted by atomic mass is 35.5. The molecule has 3 rings (SSSR count). The molecule has 28 heavy (non-hydrogen) atoms. The first kappa shape index (κ1) is 21.6. The van der Waals surface area contributed by atoms with Crippen LogP contribution in [0, 0.1) is 11.8 Å². The number of hydrogen-bond acceptors (Lipinski definition) is 2. The van der Waals surface area contributed by atoms with Crippen molar-refractivity contribution in [2.24, 2.45) is 11.8 Å². The van der Waals surface area contributed by atoms with Crippen molar-refractivity contribution in [1.29, 1.82) is 0 Å². The standard InChI is InChI=1S/C24H37ClN2O/c1-2-6-20-7-5-16-27(17-20)18-21-8-3-4-9-23(21)26-24(28)15-12-19-10-13-22(25)14-11-19/h10-11,13-14,20-21,23H,2-9,12,15-18H2,1H3,(H,26,28)/t20?,21-,23?/m0/s1. The van der Waals surface area contributed by atoms with Crippen molar-refractivity contribution in [2.75, 3.05) is 19.6 Å². The average molecular weight is 405 g/mol. The zero-order chi connectivity index (χ0) is 19.8. The average Bonchev–Trinajstić information content (AvgIpc) is 2.70. The lowest BCUT2D eigenvalue weighted by Gasteiger charge is -2.39. The van der Waals surface area contributed by atoms with Gasteiger partial charge in [0.15, 0.2) is 0 Å². The van der Waals surface area contributed by atoms with Crippen LogP contribution in [0.25, 0.3) is 0 Å². The number of likely N-dealkylation sites (tertiary alicyclic amines) is 1. The van der Waals surface area contributed by atoms with Gasteiger partial charge in [-0.25, -0.2) is 0 Å². The van der Waals surface area contributed by atoms with E-state index in [0.29, 0.717) is 18.4 Å². The number of carbonyl (C=O) groups excluding carboxylic acids is 1. The van der Waals surface area contributed by atoms with Crippen LogP contribution in [0.1, 0.15) is 70.3 Å². The first-order valence-corrected chi connectivity index (χ1v) is 11.8. The molecule has 2 fully saturated rings. The summed E-state index contributed by atoms with van der Waals surface area (Å²) >= 11 is 5.94. The fourth-order valence-electron chi connectivity index (χ4n) is 5.10. The van der Waals surface area contributed by atoms with Gasteiger partial charge in [-0.15, -0.1) is 0 Å². The van der Waals surface area contributed by atoms with Gasteiger partial charge in [0.2, 0.25) is 5.91 Å². The van der Waals surface area contributed by atoms with Gasteiger partial charge in [-0.1, -0.05) is 49.9 Å². The maximum Gasteiger partial charge on any atom is 0.220 e. The molecular formula is C24H37ClN2O. The van der Waals surface area contributed by atoms with E-state index in [0.717, 1.165) is 23.8 Å². The Balaban J connectivity index is 1.47. The minimum absolute atomic E-state index is 0.203. The summed E-state index contributed by atoms with van der Waals surface area (Å²) in [6.07, 6.45) is 11.7. The predicted octanol–water partition coefficient (Wildman–Crippen LogP) is 5.46. The summed E-state index contributed by atoms with van der Waals surface area (Å²) in [5.41, 5.74) is 1.18. The number of rotatable bonds is 8. The molecule has 2 unspecified atom stereocenters. The predicted molar refractivity (Wildman–Crippen MR) is 118 cm³/mol. The van der Waals surface area contributed by atoms with Crippen LogP contribution in [-0.2, 0) is 11.2 Å². The second kappa shape index (κ2) is 11.2. The van der Waals surface area contributed by atoms with Gasteiger partial charge in [-0.2, -0.15) is 0 Å². The Hall–Kier alpha value is -1.06. The molecule has 2 aliphatic rings. The van der Waals surface area contributed by atoms with Crippen molar-refractivity contribution in [2.45, 2.75) is 77.2 Å². The van der Waals surface area contributed by atoms with E-state index in [1.165, 1.54) is 70.1 Å². The lowest BCUT2D eigenvalue weighted by molar-refractivity contribution is -0.122. The maximum atomic E-state index is 12.6. The third kappa shape index (κ3) is 6.77. The molecule has 4 heteroatoms. The molecular weight excluding hydrogens is 368 g/mol. The Morgan fingerprint density at radius 3 is 2.71 bits per heavy atom. The highest BCUT2D eigenvalue weighted by Crippen LogP contribution is 2.28. The highest BCUT2D eigenvalue weighted by Gasteiger charge is 2.29. The molecule has 1 saturated heterocycles. The van der Waals surface area contributed by atoms with E-state index < -0.39 is 0 Å². The highest BCUT2D eigenvalue weighted by molar-refractivity contribution is 6.30. The Kier molecular flexibility index (Phi) is 8.66. The smallest absolute Gasteiger partial charge is 0.220 e. The quantitative estimate of drug-likeness (QED) is 0.623. The first-order chi connectivity index (χ1) is 13.6. The van der Waals surface area contributed by atoms with E-state index in [-0.39, 0.29) is 5.91 Å². The number of benzene rings is 1. The maximum absolute atomic E-state index is 12.6. The molecule has 1 amide bonds. The molecule has 1 N–H and O–H groups in total. The molecule has 0 aromatic heterocycles. The third-order valence-corrected chi connectivity index (χ3v) is 6.85. The molecule has 0 radical (unpaired) electrons. The minimum atomic E-state index is 0.203. The number of carbonyl (C=O) groups is 1. The van der Waals surface area contributed by atoms with Gasteiger partial charge in [0.1, 0.15) is 0 Å². The molecule has 3 atom stereocenters. The molecule has 156 valence electrons. The zero-order valence-corrected chi connectivity index (χ0v) is 18.2. The van der Waals surface area contributed by atoms with Gasteiger partial charge in [0.05, 0.1) is 0 Å². The van der Waals surface area contributed by atoms with Crippen molar-refractivity contribution in [1.82, 2.24) is 10.2 Å². The molecule has 1 aliphatic carbocycles. The number of hydrogen-bond donors (Lipinski definition) is 1. The molecule has 1 heterocycles. The Morgan fingerprint density at radius 1 is 1.14 bits per heavy atom. The largest absolute Gasteiger partial charge is 0.353 e. The SMILES string of the molecule is CCCC1CCCN(C[C@@H]2CCCCC2NC(=O)CCc2ccc(Cl)cc2)C1. The summed E-state index contributed by atoms with van der Waals surface area (Å²) in [4.78, 5) is 15.3. The van der Waals surface area contributed by atoms with Crippen LogP contribution in [-0.4, -0.2) is 36.5 Å². The van der Waals surface area contributed by atoms with Crippen LogP contribution in [0.3, 0.4) is 0 Å². The summed E-state index contributed by atoms with van der Waals surface area (Å²) in [5, 5.41) is 4.13. The van der Waals surface area contributed by atoms with Crippen molar-refractivity contribution < 1.29 is 4.79 Å². The van der Waals surface area contributed by atoms with E-state index in [1.807, 2.05) is 24.3 Å². The van der Waals surface area contributed by atoms with Crippen molar-refractivity contribution in [3.63, 3.8) is 0 Å². The Labute approximate surface area is 176 Å². The summed E-state index contributed by atoms with van der Waals surface area (Å²) in [7, 11) is 0. The van der Waals surface area contributed by atoms with Gasteiger partial charge < -0.3 is 10.2 Å². The lowest BCUT2D eigenvalue weighted by atomic mass is 9.83. The van der Waals surface area contributed by atoms with Crippen LogP contribution in [0.2, 0.25) is 5.02 Å². The Bertz CT molecular complexity index is 601. The molecule has 1 aromatic rings. The summed E-state index contributed by atoms with van der Waals surface area (Å²) in [5.74, 6) is 1.71. The van der Waals surface area contributed by atoms with Crippen molar-refractivity contribution >= 4 is 17.5 Å². The van der Waals surface area contributed by atoms with E-state index in [9.17, 15) is 4.79 Å². The van der Waals surface area contributed by atoms with Crippen LogP contribution >= 0.6 is 11.6 Å². The van der Waals surface area contributed by atoms with Crippen LogP contribution in [0.15, 0.2) is 24.3 Å². The second-order valence-corrected chi connectivity index (χ2v) is 9.34. The molecule has 3 nitrogen and oxygen atoms in total. The van der Waals surface area contributed by atoms with E-state index in [2.05, 4.69) is 17.1 Å². The fraction of sp³-hybridized carbons (Fsp3) is 0.708. The molecule has 1 saturated carbocycles. The number of aryl methyl sites for hydroxylation is 1. The monoisotopic (exact) mass is 404 g/mol. The molecule has 0 spiro atoms. The van der Waals surface area contributed by atoms with Gasteiger partial charge >= 0.3 is 0 Å². The first-order valence-electron chi connectivity index (χ1n) is 11.4. The summed E-state index contributed by atoms with van der Waals surface area (Å²) < 4.78 is 0. The number of halogens is 1. The van der Waals surface area contributed by atoms with Gasteiger partial charge in [0, 0.05) is 30.6 Å². The second-order valence-electron chi connectivity index (χ2n) is 8.90. The van der Waals surface area contributed by atoms with Gasteiger partial charge in [-0.05, 0) is 74.6 Å². The zero-order valence-electron chi connectivity index (χ0n) is 17.5. The van der Waals surface area contributed by atoms with Gasteiger partial charge in [0.25, 0.3) is 0 Å². The summed E-state index contributed by atoms with van der Waals surface area (Å²) in [6.45, 7) is 5.98. The molecule has 0 bridgehead atoms. The van der Waals surface area contributed by atoms with Crippen LogP contribution < -0.4 is 5.32 Å². The molecule has 1 aromatic carbocycles. The van der Waals surface area contributed by atoms with E-state index in [4.69, 9.17) is 11.6 Å². The van der Waals surface area contributed by atoms with Crippen LogP contribution in [0.4, 0.5) is 0 Å². The number of amides is 1. The van der Waals surface area contributed by atoms with Crippen molar-refractivity contribution in [3.8, 4) is 0 Å². The van der Waals surface area contributed by atoms with Gasteiger partial charge in [-0.3, -0.25) is 4.79 Å². The lowest BCUT2D eigenvalue weighted by Crippen LogP contribution is -2.48. The number of nitrogens with one attached hydrogen (secondary N) is 1. The number of nitrogens with zero attached hydrogens (tertiary/aromatic N) is 1. The van der Waals surface area contributed by atoms with E-state index in [1.54, 1.807) is 0 Å². The topological polar surface area (TPSA) is 32.3 Å². The normalized spacial score (nSPS) is 26.1. The van der Waals surface area contributed by atoms with Crippen LogP contribution in [0.5, 0.6) is 0 Å². The van der Waals surface area contributed by atoms with Crippen molar-refractivity contribution in [3.05, 3.63) is 34.9 Å². The summed E-state index contributed by atoms with van der Waals surface area (Å²) in [6, 6.07) is 8.19. The Morgan fingerprint density at radius 2 is 1.93 bits per heavy atom.